The van der Waals surface area contributed by atoms with Crippen LogP contribution in [0, 0.1) is 0 Å². The largest absolute Gasteiger partial charge is 0.379 e. The number of rotatable bonds is 3. The topological polar surface area (TPSA) is 24.9 Å². The SMILES string of the molecule is CC(Nc1ccc(Br)cc1)c1ccncc1. The van der Waals surface area contributed by atoms with Crippen molar-refractivity contribution in [3.63, 3.8) is 0 Å². The van der Waals surface area contributed by atoms with Crippen LogP contribution < -0.4 is 5.32 Å². The van der Waals surface area contributed by atoms with Crippen LogP contribution in [0.25, 0.3) is 0 Å². The summed E-state index contributed by atoms with van der Waals surface area (Å²) in [5.41, 5.74) is 2.35. The van der Waals surface area contributed by atoms with E-state index in [1.807, 2.05) is 36.7 Å². The van der Waals surface area contributed by atoms with Gasteiger partial charge < -0.3 is 5.32 Å². The van der Waals surface area contributed by atoms with Gasteiger partial charge in [0, 0.05) is 28.6 Å². The molecule has 1 aromatic carbocycles. The van der Waals surface area contributed by atoms with Gasteiger partial charge in [0.2, 0.25) is 0 Å². The quantitative estimate of drug-likeness (QED) is 0.916. The van der Waals surface area contributed by atoms with Crippen molar-refractivity contribution in [1.29, 1.82) is 0 Å². The van der Waals surface area contributed by atoms with E-state index in [1.54, 1.807) is 0 Å². The molecule has 0 aliphatic rings. The molecule has 16 heavy (non-hydrogen) atoms. The summed E-state index contributed by atoms with van der Waals surface area (Å²) in [5.74, 6) is 0. The third-order valence-corrected chi connectivity index (χ3v) is 2.96. The van der Waals surface area contributed by atoms with Gasteiger partial charge in [-0.25, -0.2) is 0 Å². The summed E-state index contributed by atoms with van der Waals surface area (Å²) in [5, 5.41) is 3.44. The smallest absolute Gasteiger partial charge is 0.0486 e. The van der Waals surface area contributed by atoms with Crippen LogP contribution >= 0.6 is 15.9 Å². The molecular formula is C13H13BrN2. The Bertz CT molecular complexity index is 439. The molecule has 0 aliphatic carbocycles. The lowest BCUT2D eigenvalue weighted by Gasteiger charge is -2.15. The first kappa shape index (κ1) is 11.1. The second-order valence-electron chi connectivity index (χ2n) is 3.65. The number of nitrogens with zero attached hydrogens (tertiary/aromatic N) is 1. The van der Waals surface area contributed by atoms with Gasteiger partial charge in [0.05, 0.1) is 0 Å². The molecule has 1 heterocycles. The Morgan fingerprint density at radius 2 is 1.69 bits per heavy atom. The van der Waals surface area contributed by atoms with Gasteiger partial charge in [0.1, 0.15) is 0 Å². The van der Waals surface area contributed by atoms with Crippen molar-refractivity contribution in [2.24, 2.45) is 0 Å². The van der Waals surface area contributed by atoms with Crippen LogP contribution in [0.2, 0.25) is 0 Å². The zero-order chi connectivity index (χ0) is 11.4. The Morgan fingerprint density at radius 1 is 1.06 bits per heavy atom. The molecule has 82 valence electrons. The molecule has 0 radical (unpaired) electrons. The Hall–Kier alpha value is -1.35. The molecule has 0 saturated heterocycles. The molecule has 1 N–H and O–H groups in total. The average molecular weight is 277 g/mol. The maximum Gasteiger partial charge on any atom is 0.0486 e. The number of aromatic nitrogens is 1. The minimum atomic E-state index is 0.282. The minimum absolute atomic E-state index is 0.282. The van der Waals surface area contributed by atoms with E-state index in [0.717, 1.165) is 10.2 Å². The minimum Gasteiger partial charge on any atom is -0.379 e. The van der Waals surface area contributed by atoms with Gasteiger partial charge in [-0.15, -0.1) is 0 Å². The first-order chi connectivity index (χ1) is 7.75. The van der Waals surface area contributed by atoms with E-state index >= 15 is 0 Å². The number of nitrogens with one attached hydrogen (secondary N) is 1. The second kappa shape index (κ2) is 5.12. The fourth-order valence-corrected chi connectivity index (χ4v) is 1.80. The molecule has 3 heteroatoms. The maximum absolute atomic E-state index is 4.01. The lowest BCUT2D eigenvalue weighted by Crippen LogP contribution is -2.06. The Morgan fingerprint density at radius 3 is 2.31 bits per heavy atom. The van der Waals surface area contributed by atoms with Gasteiger partial charge >= 0.3 is 0 Å². The fraction of sp³-hybridized carbons (Fsp3) is 0.154. The van der Waals surface area contributed by atoms with E-state index < -0.39 is 0 Å². The highest BCUT2D eigenvalue weighted by Gasteiger charge is 2.03. The van der Waals surface area contributed by atoms with Crippen molar-refractivity contribution < 1.29 is 0 Å². The highest BCUT2D eigenvalue weighted by atomic mass is 79.9. The molecule has 2 nitrogen and oxygen atoms in total. The monoisotopic (exact) mass is 276 g/mol. The molecule has 1 atom stereocenters. The van der Waals surface area contributed by atoms with Gasteiger partial charge in [-0.2, -0.15) is 0 Å². The zero-order valence-corrected chi connectivity index (χ0v) is 10.6. The Balaban J connectivity index is 2.08. The van der Waals surface area contributed by atoms with Crippen molar-refractivity contribution in [3.8, 4) is 0 Å². The predicted octanol–water partition coefficient (Wildman–Crippen LogP) is 4.02. The van der Waals surface area contributed by atoms with Gasteiger partial charge in [0.25, 0.3) is 0 Å². The van der Waals surface area contributed by atoms with Crippen molar-refractivity contribution in [3.05, 3.63) is 58.8 Å². The van der Waals surface area contributed by atoms with E-state index in [-0.39, 0.29) is 6.04 Å². The summed E-state index contributed by atoms with van der Waals surface area (Å²) in [6, 6.07) is 12.5. The number of hydrogen-bond donors (Lipinski definition) is 1. The van der Waals surface area contributed by atoms with Crippen LogP contribution in [-0.2, 0) is 0 Å². The van der Waals surface area contributed by atoms with Gasteiger partial charge in [0.15, 0.2) is 0 Å². The molecule has 0 spiro atoms. The summed E-state index contributed by atoms with van der Waals surface area (Å²) >= 11 is 3.42. The van der Waals surface area contributed by atoms with Crippen LogP contribution in [0.5, 0.6) is 0 Å². The third-order valence-electron chi connectivity index (χ3n) is 2.43. The van der Waals surface area contributed by atoms with Crippen LogP contribution in [-0.4, -0.2) is 4.98 Å². The molecule has 1 unspecified atom stereocenters. The number of benzene rings is 1. The van der Waals surface area contributed by atoms with Crippen LogP contribution in [0.4, 0.5) is 5.69 Å². The first-order valence-electron chi connectivity index (χ1n) is 5.18. The fourth-order valence-electron chi connectivity index (χ4n) is 1.53. The number of hydrogen-bond acceptors (Lipinski definition) is 2. The van der Waals surface area contributed by atoms with Crippen LogP contribution in [0.1, 0.15) is 18.5 Å². The molecule has 2 rings (SSSR count). The summed E-state index contributed by atoms with van der Waals surface area (Å²) in [7, 11) is 0. The van der Waals surface area contributed by atoms with Gasteiger partial charge in [-0.05, 0) is 48.9 Å². The zero-order valence-electron chi connectivity index (χ0n) is 9.02. The van der Waals surface area contributed by atoms with E-state index in [4.69, 9.17) is 0 Å². The van der Waals surface area contributed by atoms with Gasteiger partial charge in [-0.3, -0.25) is 4.98 Å². The summed E-state index contributed by atoms with van der Waals surface area (Å²) < 4.78 is 1.09. The maximum atomic E-state index is 4.01. The normalized spacial score (nSPS) is 12.1. The molecule has 0 amide bonds. The van der Waals surface area contributed by atoms with Crippen molar-refractivity contribution >= 4 is 21.6 Å². The number of pyridine rings is 1. The Labute approximate surface area is 104 Å². The second-order valence-corrected chi connectivity index (χ2v) is 4.57. The van der Waals surface area contributed by atoms with Crippen molar-refractivity contribution in [2.75, 3.05) is 5.32 Å². The average Bonchev–Trinajstić information content (AvgIpc) is 2.33. The summed E-state index contributed by atoms with van der Waals surface area (Å²) in [6.07, 6.45) is 3.63. The standard InChI is InChI=1S/C13H13BrN2/c1-10(11-6-8-15-9-7-11)16-13-4-2-12(14)3-5-13/h2-10,16H,1H3. The molecule has 0 aliphatic heterocycles. The molecule has 0 bridgehead atoms. The van der Waals surface area contributed by atoms with Gasteiger partial charge in [-0.1, -0.05) is 15.9 Å². The molecule has 2 aromatic rings. The van der Waals surface area contributed by atoms with Crippen molar-refractivity contribution in [2.45, 2.75) is 13.0 Å². The summed E-state index contributed by atoms with van der Waals surface area (Å²) in [4.78, 5) is 4.01. The molecule has 0 saturated carbocycles. The third kappa shape index (κ3) is 2.83. The number of anilines is 1. The van der Waals surface area contributed by atoms with E-state index in [2.05, 4.69) is 45.3 Å². The van der Waals surface area contributed by atoms with Crippen LogP contribution in [0.3, 0.4) is 0 Å². The first-order valence-corrected chi connectivity index (χ1v) is 5.97. The van der Waals surface area contributed by atoms with Crippen molar-refractivity contribution in [1.82, 2.24) is 4.98 Å². The predicted molar refractivity (Wildman–Crippen MR) is 70.4 cm³/mol. The molecule has 0 fully saturated rings. The highest BCUT2D eigenvalue weighted by molar-refractivity contribution is 9.10. The lowest BCUT2D eigenvalue weighted by molar-refractivity contribution is 0.881. The Kier molecular flexibility index (Phi) is 3.57. The van der Waals surface area contributed by atoms with E-state index in [9.17, 15) is 0 Å². The summed E-state index contributed by atoms with van der Waals surface area (Å²) in [6.45, 7) is 2.14. The van der Waals surface area contributed by atoms with E-state index in [1.165, 1.54) is 5.56 Å². The van der Waals surface area contributed by atoms with E-state index in [0.29, 0.717) is 0 Å². The lowest BCUT2D eigenvalue weighted by atomic mass is 10.1. The molecule has 1 aromatic heterocycles. The highest BCUT2D eigenvalue weighted by Crippen LogP contribution is 2.20. The molecular weight excluding hydrogens is 264 g/mol. The number of halogens is 1. The van der Waals surface area contributed by atoms with Crippen LogP contribution in [0.15, 0.2) is 53.3 Å².